The van der Waals surface area contributed by atoms with Gasteiger partial charge in [-0.1, -0.05) is 84.7 Å². The molecule has 3 amide bonds. The van der Waals surface area contributed by atoms with E-state index in [4.69, 9.17) is 23.2 Å². The SMILES string of the molecule is Cc1ccccc1CNC(=O)[C@H]1N(C(=O)[C@@H](C)C(Cc2ccccc2)NC(=O)c2ccc(Cl)cc2Cl)CSC1(C)C.O. The highest BCUT2D eigenvalue weighted by molar-refractivity contribution is 8.00. The van der Waals surface area contributed by atoms with Crippen LogP contribution in [-0.2, 0) is 22.6 Å². The van der Waals surface area contributed by atoms with E-state index in [2.05, 4.69) is 10.6 Å². The van der Waals surface area contributed by atoms with Crippen LogP contribution in [0.25, 0.3) is 0 Å². The molecule has 1 heterocycles. The van der Waals surface area contributed by atoms with Crippen molar-refractivity contribution in [3.05, 3.63) is 105 Å². The molecule has 7 nitrogen and oxygen atoms in total. The second-order valence-electron chi connectivity index (χ2n) is 10.9. The molecule has 3 aromatic carbocycles. The summed E-state index contributed by atoms with van der Waals surface area (Å²) < 4.78 is -0.486. The number of rotatable bonds is 9. The molecule has 1 saturated heterocycles. The molecule has 42 heavy (non-hydrogen) atoms. The number of carbonyl (C=O) groups excluding carboxylic acids is 3. The first-order chi connectivity index (χ1) is 19.5. The molecule has 1 fully saturated rings. The molecule has 10 heteroatoms. The van der Waals surface area contributed by atoms with Crippen LogP contribution in [0.1, 0.15) is 47.8 Å². The Morgan fingerprint density at radius 1 is 1.02 bits per heavy atom. The Labute approximate surface area is 261 Å². The fraction of sp³-hybridized carbons (Fsp3) is 0.344. The number of hydrogen-bond acceptors (Lipinski definition) is 4. The van der Waals surface area contributed by atoms with Gasteiger partial charge in [-0.05, 0) is 62.1 Å². The second kappa shape index (κ2) is 14.4. The lowest BCUT2D eigenvalue weighted by molar-refractivity contribution is -0.142. The van der Waals surface area contributed by atoms with Crippen molar-refractivity contribution in [1.82, 2.24) is 15.5 Å². The lowest BCUT2D eigenvalue weighted by Gasteiger charge is -2.34. The van der Waals surface area contributed by atoms with Crippen molar-refractivity contribution in [2.75, 3.05) is 5.88 Å². The Morgan fingerprint density at radius 3 is 2.36 bits per heavy atom. The number of thioether (sulfide) groups is 1. The number of aryl methyl sites for hydroxylation is 1. The summed E-state index contributed by atoms with van der Waals surface area (Å²) in [6, 6.07) is 21.1. The van der Waals surface area contributed by atoms with Gasteiger partial charge in [0.1, 0.15) is 6.04 Å². The number of halogens is 2. The van der Waals surface area contributed by atoms with Crippen molar-refractivity contribution < 1.29 is 19.9 Å². The van der Waals surface area contributed by atoms with Crippen LogP contribution in [0.5, 0.6) is 0 Å². The molecule has 3 aromatic rings. The number of carbonyl (C=O) groups is 3. The molecule has 0 bridgehead atoms. The van der Waals surface area contributed by atoms with E-state index >= 15 is 0 Å². The Hall–Kier alpha value is -3.04. The van der Waals surface area contributed by atoms with Crippen LogP contribution in [0, 0.1) is 12.8 Å². The first-order valence-corrected chi connectivity index (χ1v) is 15.3. The van der Waals surface area contributed by atoms with Gasteiger partial charge in [-0.2, -0.15) is 0 Å². The summed E-state index contributed by atoms with van der Waals surface area (Å²) in [6.45, 7) is 8.17. The smallest absolute Gasteiger partial charge is 0.253 e. The van der Waals surface area contributed by atoms with E-state index in [9.17, 15) is 14.4 Å². The maximum absolute atomic E-state index is 14.1. The summed E-state index contributed by atoms with van der Waals surface area (Å²) in [4.78, 5) is 42.6. The number of amides is 3. The molecule has 3 atom stereocenters. The van der Waals surface area contributed by atoms with Crippen LogP contribution in [-0.4, -0.2) is 50.8 Å². The van der Waals surface area contributed by atoms with Gasteiger partial charge in [-0.3, -0.25) is 14.4 Å². The van der Waals surface area contributed by atoms with Gasteiger partial charge in [-0.15, -0.1) is 11.8 Å². The van der Waals surface area contributed by atoms with Crippen LogP contribution >= 0.6 is 35.0 Å². The van der Waals surface area contributed by atoms with E-state index in [1.54, 1.807) is 35.7 Å². The van der Waals surface area contributed by atoms with Gasteiger partial charge in [0.2, 0.25) is 11.8 Å². The summed E-state index contributed by atoms with van der Waals surface area (Å²) in [7, 11) is 0. The standard InChI is InChI=1S/C32H35Cl2N3O3S.H2O/c1-20-10-8-9-13-23(20)18-35-30(39)28-32(3,4)41-19-37(28)31(40)21(2)27(16-22-11-6-5-7-12-22)36-29(38)25-15-14-24(33)17-26(25)34;/h5-15,17,21,27-28H,16,18-19H2,1-4H3,(H,35,39)(H,36,38);1H2/t21-,27?,28+;/m0./s1. The summed E-state index contributed by atoms with van der Waals surface area (Å²) >= 11 is 13.9. The Kier molecular flexibility index (Phi) is 11.5. The summed E-state index contributed by atoms with van der Waals surface area (Å²) in [5.41, 5.74) is 3.38. The predicted octanol–water partition coefficient (Wildman–Crippen LogP) is 5.45. The number of nitrogens with zero attached hydrogens (tertiary/aromatic N) is 1. The summed E-state index contributed by atoms with van der Waals surface area (Å²) in [6.07, 6.45) is 0.430. The molecule has 4 N–H and O–H groups in total. The van der Waals surface area contributed by atoms with E-state index in [1.807, 2.05) is 75.4 Å². The maximum atomic E-state index is 14.1. The molecule has 4 rings (SSSR count). The topological polar surface area (TPSA) is 110 Å². The molecular formula is C32H37Cl2N3O4S. The first-order valence-electron chi connectivity index (χ1n) is 13.5. The van der Waals surface area contributed by atoms with Gasteiger partial charge in [-0.25, -0.2) is 0 Å². The molecule has 1 unspecified atom stereocenters. The van der Waals surface area contributed by atoms with E-state index in [0.717, 1.165) is 16.7 Å². The zero-order valence-electron chi connectivity index (χ0n) is 24.1. The third-order valence-electron chi connectivity index (χ3n) is 7.58. The minimum Gasteiger partial charge on any atom is -0.412 e. The molecule has 0 aliphatic carbocycles. The Bertz CT molecular complexity index is 1420. The highest BCUT2D eigenvalue weighted by Gasteiger charge is 2.49. The highest BCUT2D eigenvalue weighted by Crippen LogP contribution is 2.40. The van der Waals surface area contributed by atoms with Gasteiger partial charge >= 0.3 is 0 Å². The van der Waals surface area contributed by atoms with Crippen molar-refractivity contribution in [2.24, 2.45) is 5.92 Å². The number of hydrogen-bond donors (Lipinski definition) is 2. The van der Waals surface area contributed by atoms with E-state index in [-0.39, 0.29) is 27.9 Å². The first kappa shape index (κ1) is 33.5. The van der Waals surface area contributed by atoms with Crippen molar-refractivity contribution in [2.45, 2.75) is 57.5 Å². The van der Waals surface area contributed by atoms with E-state index < -0.39 is 28.7 Å². The van der Waals surface area contributed by atoms with E-state index in [1.165, 1.54) is 6.07 Å². The zero-order chi connectivity index (χ0) is 29.7. The van der Waals surface area contributed by atoms with Crippen molar-refractivity contribution in [3.8, 4) is 0 Å². The highest BCUT2D eigenvalue weighted by atomic mass is 35.5. The van der Waals surface area contributed by atoms with Crippen LogP contribution in [0.15, 0.2) is 72.8 Å². The second-order valence-corrected chi connectivity index (χ2v) is 13.4. The quantitative estimate of drug-likeness (QED) is 0.328. The largest absolute Gasteiger partial charge is 0.412 e. The Morgan fingerprint density at radius 2 is 1.69 bits per heavy atom. The van der Waals surface area contributed by atoms with E-state index in [0.29, 0.717) is 23.9 Å². The lowest BCUT2D eigenvalue weighted by atomic mass is 9.91. The molecule has 224 valence electrons. The van der Waals surface area contributed by atoms with Crippen molar-refractivity contribution in [1.29, 1.82) is 0 Å². The number of benzene rings is 3. The van der Waals surface area contributed by atoms with Crippen LogP contribution in [0.3, 0.4) is 0 Å². The monoisotopic (exact) mass is 629 g/mol. The molecule has 0 radical (unpaired) electrons. The molecule has 1 aliphatic rings. The summed E-state index contributed by atoms with van der Waals surface area (Å²) in [5.74, 6) is -1.02. The normalized spacial score (nSPS) is 17.1. The maximum Gasteiger partial charge on any atom is 0.253 e. The van der Waals surface area contributed by atoms with Crippen molar-refractivity contribution in [3.63, 3.8) is 0 Å². The minimum atomic E-state index is -0.662. The lowest BCUT2D eigenvalue weighted by Crippen LogP contribution is -2.56. The molecule has 0 saturated carbocycles. The third kappa shape index (κ3) is 7.86. The van der Waals surface area contributed by atoms with Crippen LogP contribution in [0.4, 0.5) is 0 Å². The average Bonchev–Trinajstić information content (AvgIpc) is 3.26. The fourth-order valence-corrected chi connectivity index (χ4v) is 6.71. The summed E-state index contributed by atoms with van der Waals surface area (Å²) in [5, 5.41) is 6.76. The van der Waals surface area contributed by atoms with Gasteiger partial charge in [0.05, 0.1) is 22.4 Å². The molecule has 1 aliphatic heterocycles. The van der Waals surface area contributed by atoms with Crippen molar-refractivity contribution >= 4 is 52.7 Å². The van der Waals surface area contributed by atoms with Gasteiger partial charge < -0.3 is 21.0 Å². The third-order valence-corrected chi connectivity index (χ3v) is 9.50. The predicted molar refractivity (Wildman–Crippen MR) is 171 cm³/mol. The molecule has 0 aromatic heterocycles. The number of nitrogens with one attached hydrogen (secondary N) is 2. The minimum absolute atomic E-state index is 0. The molecular weight excluding hydrogens is 593 g/mol. The van der Waals surface area contributed by atoms with Gasteiger partial charge in [0, 0.05) is 22.4 Å². The van der Waals surface area contributed by atoms with Gasteiger partial charge in [0.25, 0.3) is 5.91 Å². The Balaban J connectivity index is 0.00000484. The molecule has 0 spiro atoms. The van der Waals surface area contributed by atoms with Crippen LogP contribution in [0.2, 0.25) is 10.0 Å². The zero-order valence-corrected chi connectivity index (χ0v) is 26.4. The fourth-order valence-electron chi connectivity index (χ4n) is 5.07. The average molecular weight is 631 g/mol. The van der Waals surface area contributed by atoms with Gasteiger partial charge in [0.15, 0.2) is 0 Å². The van der Waals surface area contributed by atoms with Crippen LogP contribution < -0.4 is 10.6 Å².